The highest BCUT2D eigenvalue weighted by Gasteiger charge is 2.27. The fourth-order valence-corrected chi connectivity index (χ4v) is 6.23. The third kappa shape index (κ3) is 3.57. The van der Waals surface area contributed by atoms with Gasteiger partial charge in [0.05, 0.1) is 17.1 Å². The maximum absolute atomic E-state index is 12.9. The number of thiophene rings is 1. The molecule has 150 valence electrons. The standard InChI is InChI=1S/C19H24N4O3S2/c1-22-18(26)15-12-6-2-3-7-13(12)28-17(15)21-19(22)27-10-14(24)23-8-4-5-11(9-23)16(20)25/h11H,2-10H2,1H3,(H2,20,25)/t11-/m0/s1. The number of nitrogens with two attached hydrogens (primary N) is 1. The summed E-state index contributed by atoms with van der Waals surface area (Å²) in [5.74, 6) is -0.460. The molecule has 1 aliphatic carbocycles. The van der Waals surface area contributed by atoms with Gasteiger partial charge in [-0.25, -0.2) is 4.98 Å². The van der Waals surface area contributed by atoms with E-state index in [9.17, 15) is 14.4 Å². The molecule has 0 unspecified atom stereocenters. The van der Waals surface area contributed by atoms with E-state index in [2.05, 4.69) is 0 Å². The lowest BCUT2D eigenvalue weighted by molar-refractivity contribution is -0.132. The van der Waals surface area contributed by atoms with Crippen molar-refractivity contribution < 1.29 is 9.59 Å². The van der Waals surface area contributed by atoms with Crippen LogP contribution in [-0.4, -0.2) is 45.1 Å². The van der Waals surface area contributed by atoms with Crippen LogP contribution in [0.1, 0.15) is 36.1 Å². The Morgan fingerprint density at radius 2 is 2.07 bits per heavy atom. The van der Waals surface area contributed by atoms with Crippen molar-refractivity contribution in [2.75, 3.05) is 18.8 Å². The maximum atomic E-state index is 12.9. The number of aromatic nitrogens is 2. The largest absolute Gasteiger partial charge is 0.369 e. The van der Waals surface area contributed by atoms with Gasteiger partial charge in [-0.2, -0.15) is 0 Å². The van der Waals surface area contributed by atoms with E-state index in [4.69, 9.17) is 10.7 Å². The van der Waals surface area contributed by atoms with E-state index >= 15 is 0 Å². The second kappa shape index (κ2) is 7.87. The summed E-state index contributed by atoms with van der Waals surface area (Å²) < 4.78 is 1.56. The van der Waals surface area contributed by atoms with E-state index in [1.54, 1.807) is 27.9 Å². The molecule has 2 N–H and O–H groups in total. The van der Waals surface area contributed by atoms with Gasteiger partial charge in [0.15, 0.2) is 5.16 Å². The van der Waals surface area contributed by atoms with Gasteiger partial charge in [-0.05, 0) is 44.1 Å². The van der Waals surface area contributed by atoms with Crippen LogP contribution in [0.3, 0.4) is 0 Å². The van der Waals surface area contributed by atoms with E-state index in [1.165, 1.54) is 28.6 Å². The Kier molecular flexibility index (Phi) is 5.46. The van der Waals surface area contributed by atoms with Crippen LogP contribution in [0.5, 0.6) is 0 Å². The van der Waals surface area contributed by atoms with E-state index in [0.717, 1.165) is 42.3 Å². The number of thioether (sulfide) groups is 1. The number of fused-ring (bicyclic) bond motifs is 3. The average molecular weight is 421 g/mol. The van der Waals surface area contributed by atoms with Crippen LogP contribution in [-0.2, 0) is 29.5 Å². The van der Waals surface area contributed by atoms with Crippen LogP contribution >= 0.6 is 23.1 Å². The van der Waals surface area contributed by atoms with Crippen LogP contribution in [0.15, 0.2) is 9.95 Å². The van der Waals surface area contributed by atoms with Gasteiger partial charge in [0.25, 0.3) is 5.56 Å². The highest BCUT2D eigenvalue weighted by atomic mass is 32.2. The van der Waals surface area contributed by atoms with Crippen LogP contribution in [0.2, 0.25) is 0 Å². The zero-order valence-corrected chi connectivity index (χ0v) is 17.5. The van der Waals surface area contributed by atoms with Gasteiger partial charge in [-0.15, -0.1) is 11.3 Å². The van der Waals surface area contributed by atoms with Gasteiger partial charge in [0.2, 0.25) is 11.8 Å². The molecule has 9 heteroatoms. The number of carbonyl (C=O) groups excluding carboxylic acids is 2. The minimum Gasteiger partial charge on any atom is -0.369 e. The predicted octanol–water partition coefficient (Wildman–Crippen LogP) is 1.69. The lowest BCUT2D eigenvalue weighted by atomic mass is 9.97. The molecule has 1 aliphatic heterocycles. The first-order chi connectivity index (χ1) is 13.5. The highest BCUT2D eigenvalue weighted by Crippen LogP contribution is 2.34. The lowest BCUT2D eigenvalue weighted by Gasteiger charge is -2.31. The Balaban J connectivity index is 1.52. The SMILES string of the molecule is Cn1c(SCC(=O)N2CCC[C@H](C(N)=O)C2)nc2sc3c(c2c1=O)CCCC3. The number of rotatable bonds is 4. The second-order valence-electron chi connectivity index (χ2n) is 7.52. The molecule has 7 nitrogen and oxygen atoms in total. The van der Waals surface area contributed by atoms with Crippen LogP contribution in [0, 0.1) is 5.92 Å². The van der Waals surface area contributed by atoms with Crippen LogP contribution < -0.4 is 11.3 Å². The normalized spacial score (nSPS) is 19.6. The smallest absolute Gasteiger partial charge is 0.262 e. The van der Waals surface area contributed by atoms with Crippen molar-refractivity contribution >= 4 is 45.1 Å². The summed E-state index contributed by atoms with van der Waals surface area (Å²) in [6.45, 7) is 1.03. The van der Waals surface area contributed by atoms with Crippen LogP contribution in [0.4, 0.5) is 0 Å². The summed E-state index contributed by atoms with van der Waals surface area (Å²) in [6, 6.07) is 0. The summed E-state index contributed by atoms with van der Waals surface area (Å²) in [7, 11) is 1.72. The Morgan fingerprint density at radius 3 is 2.86 bits per heavy atom. The highest BCUT2D eigenvalue weighted by molar-refractivity contribution is 7.99. The topological polar surface area (TPSA) is 98.3 Å². The van der Waals surface area contributed by atoms with Crippen molar-refractivity contribution in [3.05, 3.63) is 20.8 Å². The van der Waals surface area contributed by atoms with Crippen molar-refractivity contribution in [1.82, 2.24) is 14.5 Å². The molecule has 1 fully saturated rings. The first-order valence-electron chi connectivity index (χ1n) is 9.67. The molecule has 28 heavy (non-hydrogen) atoms. The molecule has 1 atom stereocenters. The monoisotopic (exact) mass is 420 g/mol. The van der Waals surface area contributed by atoms with Gasteiger partial charge in [-0.3, -0.25) is 19.0 Å². The number of nitrogens with zero attached hydrogens (tertiary/aromatic N) is 3. The summed E-state index contributed by atoms with van der Waals surface area (Å²) in [6.07, 6.45) is 5.78. The molecular formula is C19H24N4O3S2. The molecule has 2 aromatic heterocycles. The number of aryl methyl sites for hydroxylation is 2. The Hall–Kier alpha value is -1.87. The van der Waals surface area contributed by atoms with Gasteiger partial charge in [0.1, 0.15) is 4.83 Å². The van der Waals surface area contributed by atoms with Crippen molar-refractivity contribution in [3.63, 3.8) is 0 Å². The molecule has 0 saturated carbocycles. The van der Waals surface area contributed by atoms with Crippen molar-refractivity contribution in [3.8, 4) is 0 Å². The van der Waals surface area contributed by atoms with Gasteiger partial charge < -0.3 is 10.6 Å². The van der Waals surface area contributed by atoms with Crippen molar-refractivity contribution in [2.24, 2.45) is 18.7 Å². The Labute approximate surface area is 171 Å². The number of hydrogen-bond donors (Lipinski definition) is 1. The molecule has 0 radical (unpaired) electrons. The van der Waals surface area contributed by atoms with E-state index in [-0.39, 0.29) is 29.0 Å². The number of piperidine rings is 1. The number of carbonyl (C=O) groups is 2. The zero-order chi connectivity index (χ0) is 19.8. The van der Waals surface area contributed by atoms with E-state index in [0.29, 0.717) is 18.2 Å². The molecule has 3 heterocycles. The zero-order valence-electron chi connectivity index (χ0n) is 15.9. The lowest BCUT2D eigenvalue weighted by Crippen LogP contribution is -2.44. The summed E-state index contributed by atoms with van der Waals surface area (Å²) in [5.41, 5.74) is 6.55. The van der Waals surface area contributed by atoms with Crippen LogP contribution in [0.25, 0.3) is 10.2 Å². The average Bonchev–Trinajstić information content (AvgIpc) is 3.07. The molecule has 2 amide bonds. The van der Waals surface area contributed by atoms with Crippen molar-refractivity contribution in [1.29, 1.82) is 0 Å². The fourth-order valence-electron chi connectivity index (χ4n) is 4.05. The second-order valence-corrected chi connectivity index (χ2v) is 9.55. The summed E-state index contributed by atoms with van der Waals surface area (Å²) >= 11 is 2.90. The number of hydrogen-bond acceptors (Lipinski definition) is 6. The summed E-state index contributed by atoms with van der Waals surface area (Å²) in [5, 5.41) is 1.33. The molecule has 2 aliphatic rings. The number of likely N-dealkylation sites (tertiary alicyclic amines) is 1. The van der Waals surface area contributed by atoms with E-state index in [1.807, 2.05) is 0 Å². The Bertz CT molecular complexity index is 997. The first-order valence-corrected chi connectivity index (χ1v) is 11.5. The van der Waals surface area contributed by atoms with Gasteiger partial charge >= 0.3 is 0 Å². The fraction of sp³-hybridized carbons (Fsp3) is 0.579. The van der Waals surface area contributed by atoms with Crippen molar-refractivity contribution in [2.45, 2.75) is 43.7 Å². The number of primary amides is 1. The molecule has 4 rings (SSSR count). The summed E-state index contributed by atoms with van der Waals surface area (Å²) in [4.78, 5) is 45.4. The molecule has 0 aromatic carbocycles. The van der Waals surface area contributed by atoms with E-state index < -0.39 is 0 Å². The predicted molar refractivity (Wildman–Crippen MR) is 111 cm³/mol. The maximum Gasteiger partial charge on any atom is 0.262 e. The Morgan fingerprint density at radius 1 is 1.29 bits per heavy atom. The first kappa shape index (κ1) is 19.4. The molecule has 0 bridgehead atoms. The minimum atomic E-state index is -0.346. The van der Waals surface area contributed by atoms with Gasteiger partial charge in [0, 0.05) is 25.0 Å². The molecule has 1 saturated heterocycles. The molecule has 2 aromatic rings. The third-order valence-corrected chi connectivity index (χ3v) is 7.86. The number of amides is 2. The third-order valence-electron chi connectivity index (χ3n) is 5.66. The molecular weight excluding hydrogens is 396 g/mol. The minimum absolute atomic E-state index is 0.0221. The quantitative estimate of drug-likeness (QED) is 0.600. The molecule has 0 spiro atoms. The van der Waals surface area contributed by atoms with Gasteiger partial charge in [-0.1, -0.05) is 11.8 Å².